The number of anilines is 5. The highest BCUT2D eigenvalue weighted by molar-refractivity contribution is 6.40. The lowest BCUT2D eigenvalue weighted by Crippen LogP contribution is -2.58. The van der Waals surface area contributed by atoms with Gasteiger partial charge in [0.15, 0.2) is 0 Å². The predicted molar refractivity (Wildman–Crippen MR) is 337 cm³/mol. The van der Waals surface area contributed by atoms with Crippen molar-refractivity contribution in [3.05, 3.63) is 179 Å². The van der Waals surface area contributed by atoms with Gasteiger partial charge in [0.05, 0.1) is 97.8 Å². The van der Waals surface area contributed by atoms with Crippen molar-refractivity contribution >= 4 is 104 Å². The van der Waals surface area contributed by atoms with E-state index in [1.54, 1.807) is 84.7 Å². The fraction of sp³-hybridized carbons (Fsp3) is 0.355. The van der Waals surface area contributed by atoms with Gasteiger partial charge in [-0.1, -0.05) is 70.7 Å². The normalized spacial score (nSPS) is 16.8. The first-order chi connectivity index (χ1) is 40.8. The summed E-state index contributed by atoms with van der Waals surface area (Å²) >= 11 is 25.9. The van der Waals surface area contributed by atoms with Crippen LogP contribution in [0.3, 0.4) is 0 Å². The molecule has 0 saturated carbocycles. The third-order valence-electron chi connectivity index (χ3n) is 15.9. The zero-order valence-corrected chi connectivity index (χ0v) is 50.6. The number of nitrogens with one attached hydrogen (secondary N) is 4. The Kier molecular flexibility index (Phi) is 20.7. The second-order valence-corrected chi connectivity index (χ2v) is 23.6. The molecule has 450 valence electrons. The SMILES string of the molecule is COc1ccc(CC(=O)Nc2ccc(N3CCN(C(=O)Nc4c(Cl)cc(C[N+]5([O-])CCCC5)cc4Cl)CC3)cc2)cc1.COc1ccc(CC(=O)Nc2ccc([N+]3([O-])CCN(C(=O)Nc4c(Cl)cc(C[N+]5([O-])CCCC5)cc4Cl)CC3)cc2)cc1. The lowest BCUT2D eigenvalue weighted by molar-refractivity contribution is -0.881. The van der Waals surface area contributed by atoms with E-state index in [9.17, 15) is 34.8 Å². The molecule has 23 heteroatoms. The maximum Gasteiger partial charge on any atom is 0.322 e. The number of hydrogen-bond donors (Lipinski definition) is 4. The molecule has 10 rings (SSSR count). The highest BCUT2D eigenvalue weighted by atomic mass is 35.5. The summed E-state index contributed by atoms with van der Waals surface area (Å²) in [6.45, 7) is 6.14. The molecular formula is C62H70Cl4N10O9. The molecule has 0 bridgehead atoms. The van der Waals surface area contributed by atoms with Crippen molar-refractivity contribution in [1.29, 1.82) is 0 Å². The average molecular weight is 1240 g/mol. The Labute approximate surface area is 515 Å². The minimum atomic E-state index is -0.588. The number of benzene rings is 6. The van der Waals surface area contributed by atoms with Crippen molar-refractivity contribution in [3.63, 3.8) is 0 Å². The Morgan fingerprint density at radius 3 is 1.20 bits per heavy atom. The number of rotatable bonds is 16. The smallest absolute Gasteiger partial charge is 0.322 e. The molecule has 0 atom stereocenters. The first-order valence-electron chi connectivity index (χ1n) is 28.4. The number of hydroxylamine groups is 8. The molecule has 4 fully saturated rings. The van der Waals surface area contributed by atoms with Gasteiger partial charge in [0.25, 0.3) is 0 Å². The highest BCUT2D eigenvalue weighted by Gasteiger charge is 2.32. The number of ether oxygens (including phenoxy) is 2. The monoisotopic (exact) mass is 1240 g/mol. The summed E-state index contributed by atoms with van der Waals surface area (Å²) < 4.78 is 9.17. The molecule has 6 amide bonds. The van der Waals surface area contributed by atoms with Crippen molar-refractivity contribution in [2.75, 3.05) is 119 Å². The second-order valence-electron chi connectivity index (χ2n) is 22.0. The van der Waals surface area contributed by atoms with Crippen LogP contribution in [0, 0.1) is 15.6 Å². The minimum Gasteiger partial charge on any atom is -0.633 e. The summed E-state index contributed by atoms with van der Waals surface area (Å²) in [5, 5.41) is 51.8. The average Bonchev–Trinajstić information content (AvgIpc) is 4.33. The van der Waals surface area contributed by atoms with Crippen LogP contribution in [0.5, 0.6) is 11.5 Å². The number of carbonyl (C=O) groups excluding carboxylic acids is 4. The zero-order valence-electron chi connectivity index (χ0n) is 47.6. The van der Waals surface area contributed by atoms with Crippen LogP contribution in [0.2, 0.25) is 20.1 Å². The van der Waals surface area contributed by atoms with E-state index in [0.29, 0.717) is 92.6 Å². The molecule has 4 aliphatic heterocycles. The van der Waals surface area contributed by atoms with Gasteiger partial charge < -0.3 is 75.0 Å². The molecule has 0 spiro atoms. The molecule has 6 aromatic carbocycles. The van der Waals surface area contributed by atoms with E-state index in [1.807, 2.05) is 60.7 Å². The van der Waals surface area contributed by atoms with Crippen LogP contribution >= 0.6 is 46.4 Å². The lowest BCUT2D eigenvalue weighted by atomic mass is 10.1. The van der Waals surface area contributed by atoms with E-state index >= 15 is 0 Å². The Hall–Kier alpha value is -6.88. The number of urea groups is 2. The van der Waals surface area contributed by atoms with Crippen LogP contribution in [0.25, 0.3) is 0 Å². The van der Waals surface area contributed by atoms with Crippen molar-refractivity contribution in [1.82, 2.24) is 14.4 Å². The van der Waals surface area contributed by atoms with E-state index in [1.165, 1.54) is 0 Å². The topological polar surface area (TPSA) is 214 Å². The van der Waals surface area contributed by atoms with Gasteiger partial charge in [-0.15, -0.1) is 0 Å². The Morgan fingerprint density at radius 2 is 0.824 bits per heavy atom. The quantitative estimate of drug-likeness (QED) is 0.0531. The summed E-state index contributed by atoms with van der Waals surface area (Å²) in [6.07, 6.45) is 4.17. The molecule has 4 heterocycles. The van der Waals surface area contributed by atoms with Gasteiger partial charge in [0, 0.05) is 92.2 Å². The standard InChI is InChI=1S/C31H35Cl2N5O5.C31H35Cl2N5O4/c1-43-26-10-4-22(5-11-26)20-29(39)34-24-6-8-25(9-7-24)38(42)16-12-36(13-17-38)31(40)35-30-27(32)18-23(19-28(30)33)21-37(41)14-2-3-15-37;1-42-26-10-4-22(5-11-26)20-29(39)34-24-6-8-25(9-7-24)36-12-14-37(15-13-36)31(40)35-30-27(32)18-23(19-28(30)33)21-38(41)16-2-3-17-38/h4-11,18-19H,2-3,12-17,20-21H2,1H3,(H,34,39)(H,35,40);4-11,18-19H,2-3,12-17,20-21H2,1H3,(H,34,39)(H,35,40). The van der Waals surface area contributed by atoms with E-state index in [2.05, 4.69) is 26.2 Å². The summed E-state index contributed by atoms with van der Waals surface area (Å²) in [5.41, 5.74) is 6.81. The van der Waals surface area contributed by atoms with E-state index in [4.69, 9.17) is 55.9 Å². The molecule has 0 aliphatic carbocycles. The first-order valence-corrected chi connectivity index (χ1v) is 29.9. The number of methoxy groups -OCH3 is 2. The molecule has 0 unspecified atom stereocenters. The fourth-order valence-corrected chi connectivity index (χ4v) is 12.4. The summed E-state index contributed by atoms with van der Waals surface area (Å²) in [5.74, 6) is 1.22. The number of amides is 6. The molecule has 19 nitrogen and oxygen atoms in total. The van der Waals surface area contributed by atoms with Gasteiger partial charge in [0.1, 0.15) is 43.4 Å². The number of quaternary nitrogens is 3. The van der Waals surface area contributed by atoms with Crippen LogP contribution < -0.4 is 40.3 Å². The fourth-order valence-electron chi connectivity index (χ4n) is 11.1. The molecule has 0 radical (unpaired) electrons. The molecule has 0 aromatic heterocycles. The third kappa shape index (κ3) is 16.8. The molecule has 85 heavy (non-hydrogen) atoms. The predicted octanol–water partition coefficient (Wildman–Crippen LogP) is 12.3. The van der Waals surface area contributed by atoms with Crippen LogP contribution in [0.4, 0.5) is 43.7 Å². The highest BCUT2D eigenvalue weighted by Crippen LogP contribution is 2.37. The number of halogens is 4. The van der Waals surface area contributed by atoms with Gasteiger partial charge in [0.2, 0.25) is 11.8 Å². The van der Waals surface area contributed by atoms with Crippen molar-refractivity contribution in [3.8, 4) is 11.5 Å². The molecular weight excluding hydrogens is 1170 g/mol. The van der Waals surface area contributed by atoms with Crippen molar-refractivity contribution in [2.45, 2.75) is 51.6 Å². The van der Waals surface area contributed by atoms with Gasteiger partial charge in [-0.25, -0.2) is 9.59 Å². The van der Waals surface area contributed by atoms with E-state index < -0.39 is 10.7 Å². The summed E-state index contributed by atoms with van der Waals surface area (Å²) in [4.78, 5) is 56.5. The Bertz CT molecular complexity index is 3250. The number of hydrogen-bond acceptors (Lipinski definition) is 10. The third-order valence-corrected chi connectivity index (χ3v) is 17.1. The second kappa shape index (κ2) is 28.1. The van der Waals surface area contributed by atoms with E-state index in [0.717, 1.165) is 70.8 Å². The van der Waals surface area contributed by atoms with E-state index in [-0.39, 0.29) is 81.9 Å². The first kappa shape index (κ1) is 62.6. The molecule has 4 N–H and O–H groups in total. The van der Waals surface area contributed by atoms with Crippen LogP contribution in [-0.4, -0.2) is 136 Å². The molecule has 4 saturated heterocycles. The lowest BCUT2D eigenvalue weighted by Gasteiger charge is -2.47. The summed E-state index contributed by atoms with van der Waals surface area (Å²) in [6, 6.07) is 35.4. The number of piperazine rings is 2. The number of nitrogens with zero attached hydrogens (tertiary/aromatic N) is 6. The van der Waals surface area contributed by atoms with Gasteiger partial charge >= 0.3 is 12.1 Å². The zero-order chi connectivity index (χ0) is 60.3. The molecule has 6 aromatic rings. The van der Waals surface area contributed by atoms with Gasteiger partial charge in [-0.2, -0.15) is 0 Å². The van der Waals surface area contributed by atoms with Crippen LogP contribution in [0.1, 0.15) is 47.9 Å². The maximum atomic E-state index is 13.6. The number of likely N-dealkylation sites (tertiary alicyclic amines) is 2. The minimum absolute atomic E-state index is 0.0929. The van der Waals surface area contributed by atoms with Gasteiger partial charge in [-0.05, 0) is 96.1 Å². The Morgan fingerprint density at radius 1 is 0.459 bits per heavy atom. The number of carbonyl (C=O) groups is 4. The maximum absolute atomic E-state index is 13.6. The molecule has 4 aliphatic rings. The van der Waals surface area contributed by atoms with Crippen LogP contribution in [-0.2, 0) is 35.5 Å². The summed E-state index contributed by atoms with van der Waals surface area (Å²) in [7, 11) is 3.20. The van der Waals surface area contributed by atoms with Crippen molar-refractivity contribution < 1.29 is 37.9 Å². The Balaban J connectivity index is 0.000000204. The van der Waals surface area contributed by atoms with Crippen molar-refractivity contribution in [2.24, 2.45) is 0 Å². The van der Waals surface area contributed by atoms with Gasteiger partial charge in [-0.3, -0.25) is 9.59 Å². The largest absolute Gasteiger partial charge is 0.633 e. The van der Waals surface area contributed by atoms with Crippen LogP contribution in [0.15, 0.2) is 121 Å².